The zero-order chi connectivity index (χ0) is 7.11. The molecule has 0 aliphatic heterocycles. The number of hydrogen-bond donors (Lipinski definition) is 0. The molecule has 0 N–H and O–H groups in total. The lowest BCUT2D eigenvalue weighted by atomic mass is 10.4. The van der Waals surface area contributed by atoms with Gasteiger partial charge in [-0.3, -0.25) is 0 Å². The summed E-state index contributed by atoms with van der Waals surface area (Å²) in [6.07, 6.45) is 0.731. The molecule has 0 saturated heterocycles. The van der Waals surface area contributed by atoms with E-state index in [0.717, 1.165) is 6.42 Å². The van der Waals surface area contributed by atoms with Crippen LogP contribution in [-0.2, 0) is 4.74 Å². The van der Waals surface area contributed by atoms with Crippen molar-refractivity contribution >= 4 is 0 Å². The van der Waals surface area contributed by atoms with Crippen molar-refractivity contribution < 1.29 is 4.74 Å². The summed E-state index contributed by atoms with van der Waals surface area (Å²) < 4.78 is 5.06. The highest BCUT2D eigenvalue weighted by atomic mass is 16.5. The lowest BCUT2D eigenvalue weighted by Gasteiger charge is -2.00. The average molecular weight is 125 g/mol. The van der Waals surface area contributed by atoms with Gasteiger partial charge in [-0.1, -0.05) is 12.8 Å². The largest absolute Gasteiger partial charge is 0.366 e. The Morgan fingerprint density at radius 2 is 2.22 bits per heavy atom. The molecule has 0 fully saturated rings. The first-order valence-corrected chi connectivity index (χ1v) is 3.24. The van der Waals surface area contributed by atoms with Gasteiger partial charge in [-0.05, 0) is 13.8 Å². The highest BCUT2D eigenvalue weighted by molar-refractivity contribution is 5.05. The van der Waals surface area contributed by atoms with Crippen LogP contribution in [0.1, 0.15) is 20.3 Å². The molecule has 0 rings (SSSR count). The summed E-state index contributed by atoms with van der Waals surface area (Å²) in [5, 5.41) is 0. The van der Waals surface area contributed by atoms with E-state index in [9.17, 15) is 0 Å². The van der Waals surface area contributed by atoms with Crippen LogP contribution in [0.5, 0.6) is 0 Å². The van der Waals surface area contributed by atoms with Crippen LogP contribution in [-0.4, -0.2) is 12.7 Å². The normalized spacial score (nSPS) is 11.9. The summed E-state index contributed by atoms with van der Waals surface area (Å²) in [6.45, 7) is 8.30. The Kier molecular flexibility index (Phi) is 5.35. The van der Waals surface area contributed by atoms with E-state index >= 15 is 0 Å². The molecule has 0 aliphatic rings. The fourth-order valence-corrected chi connectivity index (χ4v) is 0.459. The zero-order valence-electron chi connectivity index (χ0n) is 6.11. The third-order valence-electron chi connectivity index (χ3n) is 0.808. The minimum absolute atomic E-state index is 0.144. The van der Waals surface area contributed by atoms with Gasteiger partial charge in [0.25, 0.3) is 0 Å². The second-order valence-corrected chi connectivity index (χ2v) is 1.62. The Balaban J connectivity index is 3.36. The van der Waals surface area contributed by atoms with Crippen molar-refractivity contribution in [1.82, 2.24) is 0 Å². The molecule has 0 aromatic heterocycles. The second kappa shape index (κ2) is 5.65. The maximum atomic E-state index is 5.06. The number of ether oxygens (including phenoxy) is 1. The van der Waals surface area contributed by atoms with Gasteiger partial charge in [-0.25, -0.2) is 0 Å². The first kappa shape index (κ1) is 8.52. The highest BCUT2D eigenvalue weighted by Gasteiger charge is 1.90. The van der Waals surface area contributed by atoms with Gasteiger partial charge in [0.1, 0.15) is 6.10 Å². The first-order chi connectivity index (χ1) is 4.31. The Hall–Kier alpha value is -0.480. The average Bonchev–Trinajstić information content (AvgIpc) is 1.85. The van der Waals surface area contributed by atoms with E-state index in [2.05, 4.69) is 18.8 Å². The van der Waals surface area contributed by atoms with Crippen molar-refractivity contribution in [2.24, 2.45) is 0 Å². The molecule has 1 radical (unpaired) electrons. The minimum atomic E-state index is -0.144. The quantitative estimate of drug-likeness (QED) is 0.510. The summed E-state index contributed by atoms with van der Waals surface area (Å²) in [5.41, 5.74) is 0. The molecule has 1 heteroatoms. The molecule has 9 heavy (non-hydrogen) atoms. The Bertz CT molecular complexity index is 107. The lowest BCUT2D eigenvalue weighted by Crippen LogP contribution is -2.04. The van der Waals surface area contributed by atoms with E-state index in [0.29, 0.717) is 6.61 Å². The van der Waals surface area contributed by atoms with Gasteiger partial charge in [-0.2, -0.15) is 0 Å². The summed E-state index contributed by atoms with van der Waals surface area (Å²) in [7, 11) is 0. The van der Waals surface area contributed by atoms with E-state index < -0.39 is 0 Å². The van der Waals surface area contributed by atoms with Crippen molar-refractivity contribution in [1.29, 1.82) is 0 Å². The minimum Gasteiger partial charge on any atom is -0.366 e. The molecule has 0 bridgehead atoms. The highest BCUT2D eigenvalue weighted by Crippen LogP contribution is 1.85. The van der Waals surface area contributed by atoms with Crippen LogP contribution in [0, 0.1) is 18.8 Å². The smallest absolute Gasteiger partial charge is 0.118 e. The van der Waals surface area contributed by atoms with E-state index in [1.807, 2.05) is 13.8 Å². The van der Waals surface area contributed by atoms with E-state index in [-0.39, 0.29) is 6.10 Å². The molecule has 0 saturated carbocycles. The maximum Gasteiger partial charge on any atom is 0.118 e. The summed E-state index contributed by atoms with van der Waals surface area (Å²) in [4.78, 5) is 0. The fourth-order valence-electron chi connectivity index (χ4n) is 0.459. The van der Waals surface area contributed by atoms with E-state index in [4.69, 9.17) is 4.74 Å². The van der Waals surface area contributed by atoms with Gasteiger partial charge in [0, 0.05) is 13.0 Å². The Morgan fingerprint density at radius 1 is 1.56 bits per heavy atom. The molecule has 0 spiro atoms. The van der Waals surface area contributed by atoms with Gasteiger partial charge < -0.3 is 4.74 Å². The summed E-state index contributed by atoms with van der Waals surface area (Å²) >= 11 is 0. The predicted octanol–water partition coefficient (Wildman–Crippen LogP) is 1.64. The molecule has 1 unspecified atom stereocenters. The van der Waals surface area contributed by atoms with E-state index in [1.54, 1.807) is 0 Å². The number of hydrogen-bond acceptors (Lipinski definition) is 1. The van der Waals surface area contributed by atoms with Crippen LogP contribution in [0.15, 0.2) is 0 Å². The van der Waals surface area contributed by atoms with Crippen LogP contribution >= 0.6 is 0 Å². The summed E-state index contributed by atoms with van der Waals surface area (Å²) in [5.74, 6) is 5.75. The van der Waals surface area contributed by atoms with Gasteiger partial charge >= 0.3 is 0 Å². The molecule has 0 aromatic rings. The first-order valence-electron chi connectivity index (χ1n) is 3.24. The molecule has 0 aromatic carbocycles. The SMILES string of the molecule is [CH2]C(C#CCC)OCC. The maximum absolute atomic E-state index is 5.06. The van der Waals surface area contributed by atoms with Crippen molar-refractivity contribution in [2.45, 2.75) is 26.4 Å². The molecule has 0 aliphatic carbocycles. The van der Waals surface area contributed by atoms with Crippen LogP contribution in [0.4, 0.5) is 0 Å². The summed E-state index contributed by atoms with van der Waals surface area (Å²) in [6, 6.07) is 0. The molecule has 51 valence electrons. The van der Waals surface area contributed by atoms with Gasteiger partial charge in [0.05, 0.1) is 0 Å². The van der Waals surface area contributed by atoms with Gasteiger partial charge in [-0.15, -0.1) is 5.92 Å². The fraction of sp³-hybridized carbons (Fsp3) is 0.625. The van der Waals surface area contributed by atoms with Crippen LogP contribution < -0.4 is 0 Å². The monoisotopic (exact) mass is 125 g/mol. The topological polar surface area (TPSA) is 9.23 Å². The van der Waals surface area contributed by atoms with Gasteiger partial charge in [0.15, 0.2) is 0 Å². The van der Waals surface area contributed by atoms with Crippen molar-refractivity contribution in [3.05, 3.63) is 6.92 Å². The van der Waals surface area contributed by atoms with Crippen molar-refractivity contribution in [2.75, 3.05) is 6.61 Å². The number of rotatable bonds is 2. The molecule has 0 amide bonds. The molecule has 0 heterocycles. The van der Waals surface area contributed by atoms with Crippen molar-refractivity contribution in [3.63, 3.8) is 0 Å². The third-order valence-corrected chi connectivity index (χ3v) is 0.808. The lowest BCUT2D eigenvalue weighted by molar-refractivity contribution is 0.132. The molecular weight excluding hydrogens is 112 g/mol. The Morgan fingerprint density at radius 3 is 2.67 bits per heavy atom. The van der Waals surface area contributed by atoms with Crippen molar-refractivity contribution in [3.8, 4) is 11.8 Å². The standard InChI is InChI=1S/C8H13O/c1-4-6-7-8(3)9-5-2/h8H,3-5H2,1-2H3. The predicted molar refractivity (Wildman–Crippen MR) is 38.8 cm³/mol. The third kappa shape index (κ3) is 5.39. The molecule has 1 nitrogen and oxygen atoms in total. The van der Waals surface area contributed by atoms with Crippen LogP contribution in [0.25, 0.3) is 0 Å². The van der Waals surface area contributed by atoms with E-state index in [1.165, 1.54) is 0 Å². The molecular formula is C8H13O. The van der Waals surface area contributed by atoms with Gasteiger partial charge in [0.2, 0.25) is 0 Å². The van der Waals surface area contributed by atoms with Crippen LogP contribution in [0.3, 0.4) is 0 Å². The second-order valence-electron chi connectivity index (χ2n) is 1.62. The van der Waals surface area contributed by atoms with Crippen LogP contribution in [0.2, 0.25) is 0 Å². The zero-order valence-corrected chi connectivity index (χ0v) is 6.11. The molecule has 1 atom stereocenters. The Labute approximate surface area is 57.4 Å².